The van der Waals surface area contributed by atoms with Gasteiger partial charge in [0.1, 0.15) is 5.82 Å². The summed E-state index contributed by atoms with van der Waals surface area (Å²) >= 11 is 0. The van der Waals surface area contributed by atoms with E-state index in [1.165, 1.54) is 16.4 Å². The van der Waals surface area contributed by atoms with Crippen molar-refractivity contribution in [1.82, 2.24) is 14.2 Å². The molecule has 0 unspecified atom stereocenters. The summed E-state index contributed by atoms with van der Waals surface area (Å²) < 4.78 is 40.4. The Hall–Kier alpha value is -1.83. The largest absolute Gasteiger partial charge is 0.295 e. The van der Waals surface area contributed by atoms with Gasteiger partial charge >= 0.3 is 0 Å². The van der Waals surface area contributed by atoms with Crippen LogP contribution in [-0.2, 0) is 16.6 Å². The maximum Gasteiger partial charge on any atom is 0.243 e. The molecule has 0 atom stereocenters. The van der Waals surface area contributed by atoms with Crippen molar-refractivity contribution >= 4 is 10.0 Å². The molecule has 2 aromatic rings. The maximum atomic E-state index is 13.5. The van der Waals surface area contributed by atoms with Gasteiger partial charge in [-0.25, -0.2) is 12.8 Å². The highest BCUT2D eigenvalue weighted by Gasteiger charge is 2.29. The van der Waals surface area contributed by atoms with E-state index in [0.717, 1.165) is 11.8 Å². The highest BCUT2D eigenvalue weighted by Crippen LogP contribution is 2.22. The summed E-state index contributed by atoms with van der Waals surface area (Å²) in [5.41, 5.74) is 1.53. The number of nitrogens with zero attached hydrogens (tertiary/aromatic N) is 3. The van der Waals surface area contributed by atoms with E-state index >= 15 is 0 Å². The molecule has 0 spiro atoms. The van der Waals surface area contributed by atoms with E-state index in [1.54, 1.807) is 13.1 Å². The van der Waals surface area contributed by atoms with Crippen molar-refractivity contribution in [3.8, 4) is 0 Å². The zero-order chi connectivity index (χ0) is 17.2. The second kappa shape index (κ2) is 6.96. The fourth-order valence-electron chi connectivity index (χ4n) is 2.84. The Morgan fingerprint density at radius 3 is 2.54 bits per heavy atom. The first-order valence-corrected chi connectivity index (χ1v) is 9.29. The third-order valence-corrected chi connectivity index (χ3v) is 6.25. The zero-order valence-electron chi connectivity index (χ0n) is 13.5. The van der Waals surface area contributed by atoms with Gasteiger partial charge in [-0.3, -0.25) is 9.88 Å². The van der Waals surface area contributed by atoms with Crippen molar-refractivity contribution in [3.05, 3.63) is 59.7 Å². The van der Waals surface area contributed by atoms with Gasteiger partial charge in [-0.15, -0.1) is 0 Å². The zero-order valence-corrected chi connectivity index (χ0v) is 14.3. The Morgan fingerprint density at radius 1 is 1.12 bits per heavy atom. The highest BCUT2D eigenvalue weighted by molar-refractivity contribution is 7.89. The van der Waals surface area contributed by atoms with E-state index in [2.05, 4.69) is 9.88 Å². The number of hydrogen-bond acceptors (Lipinski definition) is 4. The quantitative estimate of drug-likeness (QED) is 0.848. The van der Waals surface area contributed by atoms with E-state index in [1.807, 2.05) is 18.2 Å². The van der Waals surface area contributed by atoms with Crippen molar-refractivity contribution in [2.24, 2.45) is 0 Å². The number of sulfonamides is 1. The van der Waals surface area contributed by atoms with Gasteiger partial charge in [-0.1, -0.05) is 12.1 Å². The second-order valence-corrected chi connectivity index (χ2v) is 7.82. The maximum absolute atomic E-state index is 13.5. The lowest BCUT2D eigenvalue weighted by Crippen LogP contribution is -2.48. The summed E-state index contributed by atoms with van der Waals surface area (Å²) in [6, 6.07) is 9.65. The van der Waals surface area contributed by atoms with E-state index in [0.29, 0.717) is 38.3 Å². The SMILES string of the molecule is Cc1ccc(F)cc1S(=O)(=O)N1CCN(Cc2ccccn2)CC1. The smallest absolute Gasteiger partial charge is 0.243 e. The number of halogens is 1. The molecule has 1 saturated heterocycles. The molecule has 2 heterocycles. The van der Waals surface area contributed by atoms with Crippen LogP contribution >= 0.6 is 0 Å². The van der Waals surface area contributed by atoms with Crippen LogP contribution in [0.5, 0.6) is 0 Å². The lowest BCUT2D eigenvalue weighted by atomic mass is 10.2. The number of benzene rings is 1. The Balaban J connectivity index is 1.68. The van der Waals surface area contributed by atoms with Crippen molar-refractivity contribution in [2.75, 3.05) is 26.2 Å². The molecule has 7 heteroatoms. The normalized spacial score (nSPS) is 17.1. The molecule has 1 aromatic carbocycles. The van der Waals surface area contributed by atoms with Crippen LogP contribution in [0.1, 0.15) is 11.3 Å². The first-order valence-electron chi connectivity index (χ1n) is 7.85. The van der Waals surface area contributed by atoms with Crippen molar-refractivity contribution < 1.29 is 12.8 Å². The molecular formula is C17H20FN3O2S. The van der Waals surface area contributed by atoms with Crippen molar-refractivity contribution in [3.63, 3.8) is 0 Å². The number of pyridine rings is 1. The molecule has 24 heavy (non-hydrogen) atoms. The van der Waals surface area contributed by atoms with Gasteiger partial charge in [0.2, 0.25) is 10.0 Å². The topological polar surface area (TPSA) is 53.5 Å². The Morgan fingerprint density at radius 2 is 1.88 bits per heavy atom. The number of piperazine rings is 1. The molecule has 1 aromatic heterocycles. The number of hydrogen-bond donors (Lipinski definition) is 0. The average molecular weight is 349 g/mol. The second-order valence-electron chi connectivity index (χ2n) is 5.91. The van der Waals surface area contributed by atoms with Gasteiger partial charge in [-0.2, -0.15) is 4.31 Å². The van der Waals surface area contributed by atoms with Crippen LogP contribution in [0.25, 0.3) is 0 Å². The number of aromatic nitrogens is 1. The van der Waals surface area contributed by atoms with Gasteiger partial charge in [0.25, 0.3) is 0 Å². The van der Waals surface area contributed by atoms with Crippen molar-refractivity contribution in [1.29, 1.82) is 0 Å². The Bertz CT molecular complexity index is 804. The fourth-order valence-corrected chi connectivity index (χ4v) is 4.50. The molecule has 0 radical (unpaired) electrons. The van der Waals surface area contributed by atoms with Crippen LogP contribution in [0, 0.1) is 12.7 Å². The highest BCUT2D eigenvalue weighted by atomic mass is 32.2. The van der Waals surface area contributed by atoms with Crippen LogP contribution in [0.4, 0.5) is 4.39 Å². The predicted molar refractivity (Wildman–Crippen MR) is 89.4 cm³/mol. The van der Waals surface area contributed by atoms with E-state index in [9.17, 15) is 12.8 Å². The van der Waals surface area contributed by atoms with Gasteiger partial charge in [-0.05, 0) is 36.8 Å². The minimum absolute atomic E-state index is 0.0562. The lowest BCUT2D eigenvalue weighted by molar-refractivity contribution is 0.180. The van der Waals surface area contributed by atoms with Crippen molar-refractivity contribution in [2.45, 2.75) is 18.4 Å². The molecule has 1 aliphatic heterocycles. The predicted octanol–water partition coefficient (Wildman–Crippen LogP) is 2.04. The summed E-state index contributed by atoms with van der Waals surface area (Å²) in [5, 5.41) is 0. The molecule has 1 aliphatic rings. The number of aryl methyl sites for hydroxylation is 1. The van der Waals surface area contributed by atoms with Crippen LogP contribution < -0.4 is 0 Å². The van der Waals surface area contributed by atoms with Crippen LogP contribution in [0.15, 0.2) is 47.5 Å². The molecule has 5 nitrogen and oxygen atoms in total. The van der Waals surface area contributed by atoms with Crippen LogP contribution in [-0.4, -0.2) is 48.8 Å². The standard InChI is InChI=1S/C17H20FN3O2S/c1-14-5-6-15(18)12-17(14)24(22,23)21-10-8-20(9-11-21)13-16-4-2-3-7-19-16/h2-7,12H,8-11,13H2,1H3. The molecule has 0 amide bonds. The molecule has 128 valence electrons. The van der Waals surface area contributed by atoms with Gasteiger partial charge in [0.15, 0.2) is 0 Å². The molecule has 0 bridgehead atoms. The van der Waals surface area contributed by atoms with E-state index < -0.39 is 15.8 Å². The van der Waals surface area contributed by atoms with E-state index in [4.69, 9.17) is 0 Å². The Kier molecular flexibility index (Phi) is 4.93. The van der Waals surface area contributed by atoms with Crippen LogP contribution in [0.3, 0.4) is 0 Å². The van der Waals surface area contributed by atoms with Gasteiger partial charge in [0, 0.05) is 38.9 Å². The number of rotatable bonds is 4. The first kappa shape index (κ1) is 17.0. The van der Waals surface area contributed by atoms with E-state index in [-0.39, 0.29) is 4.90 Å². The fraction of sp³-hybridized carbons (Fsp3) is 0.353. The summed E-state index contributed by atoms with van der Waals surface area (Å²) in [6.45, 7) is 4.43. The third-order valence-electron chi connectivity index (χ3n) is 4.21. The monoisotopic (exact) mass is 349 g/mol. The Labute approximate surface area is 141 Å². The lowest BCUT2D eigenvalue weighted by Gasteiger charge is -2.34. The molecule has 0 saturated carbocycles. The average Bonchev–Trinajstić information content (AvgIpc) is 2.58. The molecule has 0 aliphatic carbocycles. The summed E-state index contributed by atoms with van der Waals surface area (Å²) in [4.78, 5) is 6.52. The molecular weight excluding hydrogens is 329 g/mol. The third kappa shape index (κ3) is 3.63. The van der Waals surface area contributed by atoms with Crippen LogP contribution in [0.2, 0.25) is 0 Å². The summed E-state index contributed by atoms with van der Waals surface area (Å²) in [6.07, 6.45) is 1.75. The summed E-state index contributed by atoms with van der Waals surface area (Å²) in [5.74, 6) is -0.534. The first-order chi connectivity index (χ1) is 11.5. The molecule has 1 fully saturated rings. The molecule has 0 N–H and O–H groups in total. The summed E-state index contributed by atoms with van der Waals surface area (Å²) in [7, 11) is -3.66. The van der Waals surface area contributed by atoms with Gasteiger partial charge in [0.05, 0.1) is 10.6 Å². The minimum Gasteiger partial charge on any atom is -0.295 e. The molecule has 3 rings (SSSR count). The van der Waals surface area contributed by atoms with Gasteiger partial charge < -0.3 is 0 Å². The minimum atomic E-state index is -3.66.